The molecule has 0 saturated carbocycles. The number of rotatable bonds is 4. The number of nitrogens with one attached hydrogen (secondary N) is 1. The first kappa shape index (κ1) is 15.4. The van der Waals surface area contributed by atoms with Crippen molar-refractivity contribution in [1.82, 2.24) is 14.9 Å². The number of hydrogen-bond acceptors (Lipinski definition) is 2. The van der Waals surface area contributed by atoms with Gasteiger partial charge in [-0.15, -0.1) is 0 Å². The van der Waals surface area contributed by atoms with Crippen molar-refractivity contribution < 1.29 is 22.0 Å². The van der Waals surface area contributed by atoms with Crippen molar-refractivity contribution in [3.63, 3.8) is 0 Å². The van der Waals surface area contributed by atoms with Crippen LogP contribution in [-0.2, 0) is 13.5 Å². The van der Waals surface area contributed by atoms with Crippen molar-refractivity contribution in [3.05, 3.63) is 52.9 Å². The predicted molar refractivity (Wildman–Crippen MR) is 64.9 cm³/mol. The van der Waals surface area contributed by atoms with Crippen LogP contribution in [0.4, 0.5) is 22.0 Å². The molecule has 1 unspecified atom stereocenters. The van der Waals surface area contributed by atoms with E-state index in [1.165, 1.54) is 13.2 Å². The van der Waals surface area contributed by atoms with Crippen LogP contribution < -0.4 is 5.32 Å². The highest BCUT2D eigenvalue weighted by atomic mass is 19.2. The summed E-state index contributed by atoms with van der Waals surface area (Å²) in [5.74, 6) is -9.30. The minimum atomic E-state index is -2.17. The first-order chi connectivity index (χ1) is 9.88. The lowest BCUT2D eigenvalue weighted by Crippen LogP contribution is -2.24. The summed E-state index contributed by atoms with van der Waals surface area (Å²) in [6.07, 6.45) is 3.06. The van der Waals surface area contributed by atoms with Crippen LogP contribution in [0.1, 0.15) is 17.4 Å². The number of likely N-dealkylation sites (N-methyl/N-ethyl adjacent to an activating group) is 1. The third-order valence-corrected chi connectivity index (χ3v) is 3.25. The Hall–Kier alpha value is -1.96. The zero-order chi connectivity index (χ0) is 15.7. The summed E-state index contributed by atoms with van der Waals surface area (Å²) >= 11 is 0. The average molecular weight is 305 g/mol. The topological polar surface area (TPSA) is 29.9 Å². The number of halogens is 5. The molecular weight excluding hydrogens is 293 g/mol. The Balaban J connectivity index is 2.50. The highest BCUT2D eigenvalue weighted by Gasteiger charge is 2.30. The van der Waals surface area contributed by atoms with E-state index in [9.17, 15) is 22.0 Å². The number of nitrogens with zero attached hydrogens (tertiary/aromatic N) is 2. The van der Waals surface area contributed by atoms with Gasteiger partial charge in [-0.3, -0.25) is 0 Å². The maximum atomic E-state index is 13.8. The second-order valence-corrected chi connectivity index (χ2v) is 4.48. The minimum Gasteiger partial charge on any atom is -0.338 e. The summed E-state index contributed by atoms with van der Waals surface area (Å²) in [7, 11) is 3.03. The SMILES string of the molecule is CNC(Cc1nccn1C)c1c(F)c(F)c(F)c(F)c1F. The number of imidazole rings is 1. The van der Waals surface area contributed by atoms with Gasteiger partial charge < -0.3 is 9.88 Å². The highest BCUT2D eigenvalue weighted by molar-refractivity contribution is 5.27. The van der Waals surface area contributed by atoms with Crippen LogP contribution >= 0.6 is 0 Å². The van der Waals surface area contributed by atoms with Gasteiger partial charge >= 0.3 is 0 Å². The largest absolute Gasteiger partial charge is 0.338 e. The van der Waals surface area contributed by atoms with Crippen LogP contribution in [0.15, 0.2) is 12.4 Å². The van der Waals surface area contributed by atoms with Crippen molar-refractivity contribution in [2.75, 3.05) is 7.05 Å². The van der Waals surface area contributed by atoms with Gasteiger partial charge in [0.1, 0.15) is 5.82 Å². The van der Waals surface area contributed by atoms with Crippen molar-refractivity contribution in [3.8, 4) is 0 Å². The van der Waals surface area contributed by atoms with Gasteiger partial charge in [-0.2, -0.15) is 0 Å². The van der Waals surface area contributed by atoms with E-state index in [-0.39, 0.29) is 6.42 Å². The van der Waals surface area contributed by atoms with E-state index in [1.54, 1.807) is 17.8 Å². The van der Waals surface area contributed by atoms with E-state index in [2.05, 4.69) is 10.3 Å². The van der Waals surface area contributed by atoms with Crippen LogP contribution in [0.2, 0.25) is 0 Å². The van der Waals surface area contributed by atoms with Gasteiger partial charge in [-0.05, 0) is 7.05 Å². The molecule has 2 rings (SSSR count). The van der Waals surface area contributed by atoms with Crippen LogP contribution in [0.3, 0.4) is 0 Å². The van der Waals surface area contributed by atoms with Crippen LogP contribution in [-0.4, -0.2) is 16.6 Å². The maximum absolute atomic E-state index is 13.8. The normalized spacial score (nSPS) is 12.7. The molecule has 1 aromatic heterocycles. The Morgan fingerprint density at radius 1 is 1.05 bits per heavy atom. The summed E-state index contributed by atoms with van der Waals surface area (Å²) in [6.45, 7) is 0. The number of benzene rings is 1. The molecule has 0 fully saturated rings. The third kappa shape index (κ3) is 2.63. The van der Waals surface area contributed by atoms with Gasteiger partial charge in [0.05, 0.1) is 0 Å². The molecule has 3 nitrogen and oxygen atoms in total. The molecule has 2 aromatic rings. The Bertz CT molecular complexity index is 639. The van der Waals surface area contributed by atoms with Gasteiger partial charge in [0.15, 0.2) is 23.3 Å². The number of aryl methyl sites for hydroxylation is 1. The highest BCUT2D eigenvalue weighted by Crippen LogP contribution is 2.29. The van der Waals surface area contributed by atoms with Crippen molar-refractivity contribution in [2.24, 2.45) is 7.05 Å². The summed E-state index contributed by atoms with van der Waals surface area (Å²) in [5, 5.41) is 2.55. The summed E-state index contributed by atoms with van der Waals surface area (Å²) in [5.41, 5.74) is -0.892. The lowest BCUT2D eigenvalue weighted by atomic mass is 10.0. The third-order valence-electron chi connectivity index (χ3n) is 3.25. The van der Waals surface area contributed by atoms with Gasteiger partial charge in [0.25, 0.3) is 0 Å². The minimum absolute atomic E-state index is 0.0294. The second kappa shape index (κ2) is 5.80. The van der Waals surface area contributed by atoms with Gasteiger partial charge in [-0.1, -0.05) is 0 Å². The van der Waals surface area contributed by atoms with Crippen LogP contribution in [0.5, 0.6) is 0 Å². The molecule has 0 aliphatic rings. The molecule has 8 heteroatoms. The molecular formula is C13H12F5N3. The van der Waals surface area contributed by atoms with Crippen molar-refractivity contribution in [1.29, 1.82) is 0 Å². The van der Waals surface area contributed by atoms with E-state index >= 15 is 0 Å². The molecule has 0 amide bonds. The van der Waals surface area contributed by atoms with Crippen LogP contribution in [0, 0.1) is 29.1 Å². The van der Waals surface area contributed by atoms with Gasteiger partial charge in [0, 0.05) is 37.5 Å². The lowest BCUT2D eigenvalue weighted by Gasteiger charge is -2.18. The quantitative estimate of drug-likeness (QED) is 0.534. The molecule has 1 heterocycles. The first-order valence-corrected chi connectivity index (χ1v) is 6.03. The Morgan fingerprint density at radius 2 is 1.57 bits per heavy atom. The van der Waals surface area contributed by atoms with E-state index in [0.29, 0.717) is 5.82 Å². The van der Waals surface area contributed by atoms with E-state index in [0.717, 1.165) is 0 Å². The zero-order valence-corrected chi connectivity index (χ0v) is 11.2. The molecule has 1 N–H and O–H groups in total. The Kier molecular flexibility index (Phi) is 4.26. The fourth-order valence-electron chi connectivity index (χ4n) is 2.05. The molecule has 0 bridgehead atoms. The lowest BCUT2D eigenvalue weighted by molar-refractivity contribution is 0.357. The predicted octanol–water partition coefficient (Wildman–Crippen LogP) is 2.62. The average Bonchev–Trinajstić information content (AvgIpc) is 2.87. The summed E-state index contributed by atoms with van der Waals surface area (Å²) < 4.78 is 68.7. The summed E-state index contributed by atoms with van der Waals surface area (Å²) in [4.78, 5) is 3.97. The van der Waals surface area contributed by atoms with E-state index in [1.807, 2.05) is 0 Å². The van der Waals surface area contributed by atoms with Gasteiger partial charge in [0.2, 0.25) is 5.82 Å². The smallest absolute Gasteiger partial charge is 0.200 e. The molecule has 1 aromatic carbocycles. The molecule has 0 radical (unpaired) electrons. The Morgan fingerprint density at radius 3 is 2.00 bits per heavy atom. The molecule has 114 valence electrons. The molecule has 1 atom stereocenters. The number of hydrogen-bond donors (Lipinski definition) is 1. The van der Waals surface area contributed by atoms with E-state index in [4.69, 9.17) is 0 Å². The number of aromatic nitrogens is 2. The Labute approximate surface area is 117 Å². The molecule has 0 aliphatic carbocycles. The van der Waals surface area contributed by atoms with Crippen molar-refractivity contribution in [2.45, 2.75) is 12.5 Å². The van der Waals surface area contributed by atoms with E-state index < -0.39 is 40.7 Å². The molecule has 0 spiro atoms. The van der Waals surface area contributed by atoms with Crippen molar-refractivity contribution >= 4 is 0 Å². The molecule has 0 saturated heterocycles. The molecule has 0 aliphatic heterocycles. The summed E-state index contributed by atoms with van der Waals surface area (Å²) in [6, 6.07) is -1.10. The standard InChI is InChI=1S/C13H12F5N3/c1-19-6(5-7-20-3-4-21(7)2)8-9(14)11(16)13(18)12(17)10(8)15/h3-4,6,19H,5H2,1-2H3. The monoisotopic (exact) mass is 305 g/mol. The molecule has 21 heavy (non-hydrogen) atoms. The second-order valence-electron chi connectivity index (χ2n) is 4.48. The van der Waals surface area contributed by atoms with Crippen LogP contribution in [0.25, 0.3) is 0 Å². The maximum Gasteiger partial charge on any atom is 0.200 e. The van der Waals surface area contributed by atoms with Gasteiger partial charge in [-0.25, -0.2) is 26.9 Å². The zero-order valence-electron chi connectivity index (χ0n) is 11.2. The fraction of sp³-hybridized carbons (Fsp3) is 0.308. The first-order valence-electron chi connectivity index (χ1n) is 6.03. The fourth-order valence-corrected chi connectivity index (χ4v) is 2.05.